The first-order chi connectivity index (χ1) is 12.6. The summed E-state index contributed by atoms with van der Waals surface area (Å²) in [5.74, 6) is -0.389. The van der Waals surface area contributed by atoms with E-state index >= 15 is 0 Å². The Bertz CT molecular complexity index is 776. The van der Waals surface area contributed by atoms with Crippen LogP contribution in [0.1, 0.15) is 11.1 Å². The van der Waals surface area contributed by atoms with Gasteiger partial charge in [0.25, 0.3) is 0 Å². The number of benzene rings is 2. The Kier molecular flexibility index (Phi) is 7.17. The molecule has 0 saturated heterocycles. The van der Waals surface area contributed by atoms with E-state index in [-0.39, 0.29) is 0 Å². The second-order valence-corrected chi connectivity index (χ2v) is 5.30. The van der Waals surface area contributed by atoms with Crippen LogP contribution in [0.2, 0.25) is 0 Å². The topological polar surface area (TPSA) is 89.0 Å². The van der Waals surface area contributed by atoms with Crippen molar-refractivity contribution in [2.45, 2.75) is 6.42 Å². The zero-order chi connectivity index (χ0) is 18.8. The van der Waals surface area contributed by atoms with Crippen LogP contribution in [0.15, 0.2) is 53.6 Å². The number of hydrazone groups is 1. The third-order valence-corrected chi connectivity index (χ3v) is 3.55. The fourth-order valence-electron chi connectivity index (χ4n) is 2.20. The van der Waals surface area contributed by atoms with Crippen LogP contribution in [-0.4, -0.2) is 38.8 Å². The second kappa shape index (κ2) is 9.83. The zero-order valence-electron chi connectivity index (χ0n) is 14.7. The fourth-order valence-corrected chi connectivity index (χ4v) is 2.20. The molecule has 0 aliphatic carbocycles. The average molecular weight is 355 g/mol. The van der Waals surface area contributed by atoms with Gasteiger partial charge in [0.05, 0.1) is 20.4 Å². The van der Waals surface area contributed by atoms with Gasteiger partial charge in [0.2, 0.25) is 0 Å². The minimum absolute atomic E-state index is 0.365. The van der Waals surface area contributed by atoms with E-state index in [1.807, 2.05) is 30.3 Å². The molecular weight excluding hydrogens is 334 g/mol. The Labute approximate surface area is 152 Å². The van der Waals surface area contributed by atoms with Crippen molar-refractivity contribution in [3.05, 3.63) is 59.7 Å². The third-order valence-electron chi connectivity index (χ3n) is 3.55. The molecule has 0 heterocycles. The number of nitrogens with zero attached hydrogens (tertiary/aromatic N) is 1. The molecule has 0 saturated carbocycles. The lowest BCUT2D eigenvalue weighted by molar-refractivity contribution is -0.139. The van der Waals surface area contributed by atoms with Crippen LogP contribution in [0.5, 0.6) is 11.5 Å². The van der Waals surface area contributed by atoms with Crippen molar-refractivity contribution in [3.63, 3.8) is 0 Å². The highest BCUT2D eigenvalue weighted by atomic mass is 16.5. The summed E-state index contributed by atoms with van der Waals surface area (Å²) in [6, 6.07) is 14.8. The molecule has 2 N–H and O–H groups in total. The molecule has 0 aromatic heterocycles. The molecule has 0 unspecified atom stereocenters. The summed E-state index contributed by atoms with van der Waals surface area (Å²) < 4.78 is 10.3. The summed E-state index contributed by atoms with van der Waals surface area (Å²) in [5, 5.41) is 6.34. The quantitative estimate of drug-likeness (QED) is 0.448. The lowest BCUT2D eigenvalue weighted by atomic mass is 10.1. The zero-order valence-corrected chi connectivity index (χ0v) is 14.7. The largest absolute Gasteiger partial charge is 0.497 e. The molecule has 7 heteroatoms. The van der Waals surface area contributed by atoms with E-state index in [1.165, 1.54) is 13.3 Å². The van der Waals surface area contributed by atoms with Gasteiger partial charge in [-0.2, -0.15) is 5.10 Å². The monoisotopic (exact) mass is 355 g/mol. The molecule has 0 fully saturated rings. The van der Waals surface area contributed by atoms with Gasteiger partial charge in [-0.25, -0.2) is 5.43 Å². The normalized spacial score (nSPS) is 10.4. The van der Waals surface area contributed by atoms with E-state index in [2.05, 4.69) is 15.8 Å². The molecule has 2 amide bonds. The van der Waals surface area contributed by atoms with Crippen LogP contribution < -0.4 is 20.2 Å². The predicted molar refractivity (Wildman–Crippen MR) is 98.4 cm³/mol. The third kappa shape index (κ3) is 5.62. The van der Waals surface area contributed by atoms with E-state index in [4.69, 9.17) is 9.47 Å². The first kappa shape index (κ1) is 19.0. The number of carbonyl (C=O) groups is 2. The van der Waals surface area contributed by atoms with E-state index in [1.54, 1.807) is 25.3 Å². The van der Waals surface area contributed by atoms with Crippen molar-refractivity contribution >= 4 is 18.0 Å². The smallest absolute Gasteiger partial charge is 0.329 e. The molecule has 0 atom stereocenters. The minimum Gasteiger partial charge on any atom is -0.497 e. The lowest BCUT2D eigenvalue weighted by Crippen LogP contribution is -2.38. The molecule has 2 aromatic carbocycles. The molecule has 0 radical (unpaired) electrons. The first-order valence-electron chi connectivity index (χ1n) is 8.01. The van der Waals surface area contributed by atoms with Gasteiger partial charge in [0, 0.05) is 12.1 Å². The highest BCUT2D eigenvalue weighted by Crippen LogP contribution is 2.22. The number of carbonyl (C=O) groups excluding carboxylic acids is 2. The lowest BCUT2D eigenvalue weighted by Gasteiger charge is -2.07. The highest BCUT2D eigenvalue weighted by molar-refractivity contribution is 6.35. The Morgan fingerprint density at radius 1 is 1.04 bits per heavy atom. The number of nitrogens with one attached hydrogen (secondary N) is 2. The minimum atomic E-state index is -0.837. The Balaban J connectivity index is 1.83. The number of methoxy groups -OCH3 is 2. The summed E-state index contributed by atoms with van der Waals surface area (Å²) in [7, 11) is 3.07. The molecule has 0 bridgehead atoms. The van der Waals surface area contributed by atoms with Crippen LogP contribution in [0.4, 0.5) is 0 Å². The number of ether oxygens (including phenoxy) is 2. The van der Waals surface area contributed by atoms with Crippen LogP contribution in [-0.2, 0) is 16.0 Å². The summed E-state index contributed by atoms with van der Waals surface area (Å²) >= 11 is 0. The number of hydrogen-bond acceptors (Lipinski definition) is 5. The van der Waals surface area contributed by atoms with E-state index in [0.29, 0.717) is 30.0 Å². The fraction of sp³-hybridized carbons (Fsp3) is 0.211. The maximum Gasteiger partial charge on any atom is 0.329 e. The predicted octanol–water partition coefficient (Wildman–Crippen LogP) is 1.51. The SMILES string of the molecule is COc1ccc(OC)c(/C=N\NC(=O)C(=O)NCCc2ccccc2)c1. The Hall–Kier alpha value is -3.35. The molecule has 0 aliphatic rings. The van der Waals surface area contributed by atoms with Crippen molar-refractivity contribution in [2.75, 3.05) is 20.8 Å². The summed E-state index contributed by atoms with van der Waals surface area (Å²) in [6.45, 7) is 0.365. The van der Waals surface area contributed by atoms with Crippen molar-refractivity contribution in [1.29, 1.82) is 0 Å². The van der Waals surface area contributed by atoms with Crippen molar-refractivity contribution in [2.24, 2.45) is 5.10 Å². The molecule has 0 aliphatic heterocycles. The maximum absolute atomic E-state index is 11.8. The van der Waals surface area contributed by atoms with Crippen molar-refractivity contribution < 1.29 is 19.1 Å². The van der Waals surface area contributed by atoms with Gasteiger partial charge in [-0.15, -0.1) is 0 Å². The van der Waals surface area contributed by atoms with Gasteiger partial charge in [-0.05, 0) is 30.2 Å². The van der Waals surface area contributed by atoms with Crippen molar-refractivity contribution in [1.82, 2.24) is 10.7 Å². The molecule has 136 valence electrons. The summed E-state index contributed by atoms with van der Waals surface area (Å²) in [5.41, 5.74) is 3.88. The van der Waals surface area contributed by atoms with Gasteiger partial charge >= 0.3 is 11.8 Å². The maximum atomic E-state index is 11.8. The number of hydrogen-bond donors (Lipinski definition) is 2. The number of rotatable bonds is 7. The van der Waals surface area contributed by atoms with Crippen molar-refractivity contribution in [3.8, 4) is 11.5 Å². The van der Waals surface area contributed by atoms with Crippen LogP contribution in [0.25, 0.3) is 0 Å². The first-order valence-corrected chi connectivity index (χ1v) is 8.01. The Morgan fingerprint density at radius 2 is 1.81 bits per heavy atom. The molecular formula is C19H21N3O4. The van der Waals surface area contributed by atoms with E-state index < -0.39 is 11.8 Å². The average Bonchev–Trinajstić information content (AvgIpc) is 2.68. The molecule has 2 aromatic rings. The van der Waals surface area contributed by atoms with E-state index in [9.17, 15) is 9.59 Å². The molecule has 0 spiro atoms. The van der Waals surface area contributed by atoms with Gasteiger partial charge in [-0.3, -0.25) is 9.59 Å². The van der Waals surface area contributed by atoms with Crippen LogP contribution in [0, 0.1) is 0 Å². The Morgan fingerprint density at radius 3 is 2.50 bits per heavy atom. The van der Waals surface area contributed by atoms with Crippen LogP contribution >= 0.6 is 0 Å². The molecule has 2 rings (SSSR count). The van der Waals surface area contributed by atoms with E-state index in [0.717, 1.165) is 5.56 Å². The summed E-state index contributed by atoms with van der Waals surface area (Å²) in [6.07, 6.45) is 2.03. The molecule has 26 heavy (non-hydrogen) atoms. The van der Waals surface area contributed by atoms with Gasteiger partial charge < -0.3 is 14.8 Å². The van der Waals surface area contributed by atoms with Crippen LogP contribution in [0.3, 0.4) is 0 Å². The second-order valence-electron chi connectivity index (χ2n) is 5.30. The highest BCUT2D eigenvalue weighted by Gasteiger charge is 2.11. The standard InChI is InChI=1S/C19H21N3O4/c1-25-16-8-9-17(26-2)15(12-16)13-21-22-19(24)18(23)20-11-10-14-6-4-3-5-7-14/h3-9,12-13H,10-11H2,1-2H3,(H,20,23)(H,22,24)/b21-13-. The van der Waals surface area contributed by atoms with Gasteiger partial charge in [0.1, 0.15) is 11.5 Å². The summed E-state index contributed by atoms with van der Waals surface area (Å²) in [4.78, 5) is 23.5. The molecule has 7 nitrogen and oxygen atoms in total. The van der Waals surface area contributed by atoms with Gasteiger partial charge in [-0.1, -0.05) is 30.3 Å². The van der Waals surface area contributed by atoms with Gasteiger partial charge in [0.15, 0.2) is 0 Å². The number of amides is 2.